The van der Waals surface area contributed by atoms with Crippen LogP contribution in [0, 0.1) is 0 Å². The van der Waals surface area contributed by atoms with Crippen LogP contribution in [0.3, 0.4) is 0 Å². The fourth-order valence-electron chi connectivity index (χ4n) is 1.16. The van der Waals surface area contributed by atoms with Crippen molar-refractivity contribution >= 4 is 0 Å². The molecule has 0 unspecified atom stereocenters. The van der Waals surface area contributed by atoms with Crippen molar-refractivity contribution in [3.63, 3.8) is 0 Å². The van der Waals surface area contributed by atoms with Gasteiger partial charge >= 0.3 is 0 Å². The molecule has 0 bridgehead atoms. The Kier molecular flexibility index (Phi) is 1.03. The average molecular weight is 118 g/mol. The zero-order valence-corrected chi connectivity index (χ0v) is 5.17. The molecule has 0 N–H and O–H groups in total. The van der Waals surface area contributed by atoms with Gasteiger partial charge in [-0.2, -0.15) is 0 Å². The number of hydrogen-bond donors (Lipinski definition) is 0. The van der Waals surface area contributed by atoms with Gasteiger partial charge in [-0.1, -0.05) is 35.4 Å². The highest BCUT2D eigenvalue weighted by Gasteiger charge is 1.97. The molecule has 1 aromatic carbocycles. The highest BCUT2D eigenvalue weighted by Crippen LogP contribution is 2.22. The molecular formula is C8H8N-. The SMILES string of the molecule is c1ccc2c(c1)C[N-]C2. The minimum Gasteiger partial charge on any atom is -0.655 e. The van der Waals surface area contributed by atoms with Gasteiger partial charge in [0.1, 0.15) is 0 Å². The maximum Gasteiger partial charge on any atom is -0.0606 e. The number of nitrogens with zero attached hydrogens (tertiary/aromatic N) is 1. The third kappa shape index (κ3) is 0.736. The molecule has 0 atom stereocenters. The van der Waals surface area contributed by atoms with E-state index in [1.807, 2.05) is 0 Å². The molecule has 0 fully saturated rings. The van der Waals surface area contributed by atoms with Gasteiger partial charge in [-0.15, -0.1) is 13.1 Å². The summed E-state index contributed by atoms with van der Waals surface area (Å²) in [6.45, 7) is 1.85. The molecule has 0 amide bonds. The van der Waals surface area contributed by atoms with Gasteiger partial charge in [-0.25, -0.2) is 0 Å². The molecule has 9 heavy (non-hydrogen) atoms. The molecule has 1 aromatic rings. The number of fused-ring (bicyclic) bond motifs is 1. The first kappa shape index (κ1) is 5.00. The molecule has 1 nitrogen and oxygen atoms in total. The van der Waals surface area contributed by atoms with E-state index in [1.165, 1.54) is 11.1 Å². The molecular weight excluding hydrogens is 110 g/mol. The van der Waals surface area contributed by atoms with E-state index in [1.54, 1.807) is 0 Å². The Morgan fingerprint density at radius 1 is 1.00 bits per heavy atom. The van der Waals surface area contributed by atoms with Crippen LogP contribution in [0.1, 0.15) is 11.1 Å². The second-order valence-electron chi connectivity index (χ2n) is 2.31. The second kappa shape index (κ2) is 1.85. The van der Waals surface area contributed by atoms with Gasteiger partial charge in [0.15, 0.2) is 0 Å². The Balaban J connectivity index is 2.54. The van der Waals surface area contributed by atoms with Crippen LogP contribution < -0.4 is 0 Å². The van der Waals surface area contributed by atoms with Crippen molar-refractivity contribution in [3.8, 4) is 0 Å². The molecule has 1 heterocycles. The lowest BCUT2D eigenvalue weighted by atomic mass is 10.1. The maximum atomic E-state index is 4.25. The first-order valence-corrected chi connectivity index (χ1v) is 3.17. The summed E-state index contributed by atoms with van der Waals surface area (Å²) in [5, 5.41) is 4.25. The third-order valence-electron chi connectivity index (χ3n) is 1.68. The molecule has 0 radical (unpaired) electrons. The van der Waals surface area contributed by atoms with Crippen molar-refractivity contribution < 1.29 is 0 Å². The smallest absolute Gasteiger partial charge is 0.0606 e. The Labute approximate surface area is 54.7 Å². The van der Waals surface area contributed by atoms with Crippen molar-refractivity contribution in [2.45, 2.75) is 13.1 Å². The van der Waals surface area contributed by atoms with Crippen LogP contribution in [-0.4, -0.2) is 0 Å². The summed E-state index contributed by atoms with van der Waals surface area (Å²) in [5.74, 6) is 0. The molecule has 0 aromatic heterocycles. The Bertz CT molecular complexity index is 195. The van der Waals surface area contributed by atoms with E-state index < -0.39 is 0 Å². The van der Waals surface area contributed by atoms with E-state index in [0.29, 0.717) is 0 Å². The molecule has 0 aliphatic carbocycles. The lowest BCUT2D eigenvalue weighted by Crippen LogP contribution is -1.77. The topological polar surface area (TPSA) is 14.1 Å². The minimum atomic E-state index is 0.927. The summed E-state index contributed by atoms with van der Waals surface area (Å²) in [6.07, 6.45) is 0. The van der Waals surface area contributed by atoms with Crippen LogP contribution in [0.15, 0.2) is 24.3 Å². The van der Waals surface area contributed by atoms with Crippen LogP contribution in [0.25, 0.3) is 5.32 Å². The summed E-state index contributed by atoms with van der Waals surface area (Å²) in [6, 6.07) is 8.43. The van der Waals surface area contributed by atoms with Crippen molar-refractivity contribution in [2.24, 2.45) is 0 Å². The lowest BCUT2D eigenvalue weighted by Gasteiger charge is -2.01. The average Bonchev–Trinajstić information content (AvgIpc) is 2.33. The van der Waals surface area contributed by atoms with Gasteiger partial charge in [0.2, 0.25) is 0 Å². The van der Waals surface area contributed by atoms with Crippen LogP contribution in [0.5, 0.6) is 0 Å². The Morgan fingerprint density at radius 3 is 2.11 bits per heavy atom. The highest BCUT2D eigenvalue weighted by atomic mass is 14.9. The van der Waals surface area contributed by atoms with E-state index in [4.69, 9.17) is 0 Å². The van der Waals surface area contributed by atoms with Crippen LogP contribution in [0.2, 0.25) is 0 Å². The van der Waals surface area contributed by atoms with Gasteiger partial charge in [-0.05, 0) is 0 Å². The first-order chi connectivity index (χ1) is 4.47. The van der Waals surface area contributed by atoms with Gasteiger partial charge in [-0.3, -0.25) is 0 Å². The Morgan fingerprint density at radius 2 is 1.56 bits per heavy atom. The van der Waals surface area contributed by atoms with Crippen LogP contribution in [0.4, 0.5) is 0 Å². The zero-order valence-electron chi connectivity index (χ0n) is 5.17. The fourth-order valence-corrected chi connectivity index (χ4v) is 1.16. The van der Waals surface area contributed by atoms with Crippen molar-refractivity contribution in [1.29, 1.82) is 0 Å². The van der Waals surface area contributed by atoms with Crippen LogP contribution >= 0.6 is 0 Å². The van der Waals surface area contributed by atoms with Gasteiger partial charge in [0.25, 0.3) is 0 Å². The number of rotatable bonds is 0. The van der Waals surface area contributed by atoms with E-state index in [0.717, 1.165) is 13.1 Å². The quantitative estimate of drug-likeness (QED) is 0.495. The van der Waals surface area contributed by atoms with E-state index in [9.17, 15) is 0 Å². The second-order valence-corrected chi connectivity index (χ2v) is 2.31. The molecule has 1 aliphatic rings. The monoisotopic (exact) mass is 118 g/mol. The van der Waals surface area contributed by atoms with Crippen molar-refractivity contribution in [1.82, 2.24) is 0 Å². The van der Waals surface area contributed by atoms with E-state index in [-0.39, 0.29) is 0 Å². The molecule has 0 saturated heterocycles. The summed E-state index contributed by atoms with van der Waals surface area (Å²) < 4.78 is 0. The van der Waals surface area contributed by atoms with Gasteiger partial charge in [0.05, 0.1) is 0 Å². The largest absolute Gasteiger partial charge is 0.655 e. The van der Waals surface area contributed by atoms with E-state index >= 15 is 0 Å². The van der Waals surface area contributed by atoms with Crippen molar-refractivity contribution in [2.75, 3.05) is 0 Å². The number of hydrogen-bond acceptors (Lipinski definition) is 0. The minimum absolute atomic E-state index is 0.927. The summed E-state index contributed by atoms with van der Waals surface area (Å²) in [5.41, 5.74) is 2.80. The summed E-state index contributed by atoms with van der Waals surface area (Å²) in [4.78, 5) is 0. The predicted octanol–water partition coefficient (Wildman–Crippen LogP) is 2.07. The molecule has 0 spiro atoms. The molecule has 1 aliphatic heterocycles. The molecule has 2 rings (SSSR count). The zero-order chi connectivity index (χ0) is 6.10. The van der Waals surface area contributed by atoms with Gasteiger partial charge < -0.3 is 5.32 Å². The molecule has 1 heteroatoms. The maximum absolute atomic E-state index is 4.25. The number of benzene rings is 1. The molecule has 0 saturated carbocycles. The fraction of sp³-hybridized carbons (Fsp3) is 0.250. The van der Waals surface area contributed by atoms with Gasteiger partial charge in [0, 0.05) is 0 Å². The molecule has 46 valence electrons. The normalized spacial score (nSPS) is 15.6. The third-order valence-corrected chi connectivity index (χ3v) is 1.68. The van der Waals surface area contributed by atoms with E-state index in [2.05, 4.69) is 29.6 Å². The first-order valence-electron chi connectivity index (χ1n) is 3.17. The standard InChI is InChI=1S/C8H8N/c1-2-4-8-6-9-5-7(8)3-1/h1-4H,5-6H2/q-1. The predicted molar refractivity (Wildman–Crippen MR) is 37.2 cm³/mol. The summed E-state index contributed by atoms with van der Waals surface area (Å²) >= 11 is 0. The Hall–Kier alpha value is -0.820. The van der Waals surface area contributed by atoms with Crippen LogP contribution in [-0.2, 0) is 13.1 Å². The summed E-state index contributed by atoms with van der Waals surface area (Å²) in [7, 11) is 0. The lowest BCUT2D eigenvalue weighted by molar-refractivity contribution is 1.20. The van der Waals surface area contributed by atoms with Crippen molar-refractivity contribution in [3.05, 3.63) is 40.7 Å². The highest BCUT2D eigenvalue weighted by molar-refractivity contribution is 5.34.